The largest absolute Gasteiger partial charge is 0.497 e. The molecule has 1 aliphatic rings. The maximum Gasteiger partial charge on any atom is 0.119 e. The number of hydrogen-bond acceptors (Lipinski definition) is 3. The van der Waals surface area contributed by atoms with Gasteiger partial charge in [0.25, 0.3) is 0 Å². The number of rotatable bonds is 4. The third-order valence-corrected chi connectivity index (χ3v) is 4.98. The summed E-state index contributed by atoms with van der Waals surface area (Å²) in [4.78, 5) is 0. The molecule has 1 aromatic rings. The van der Waals surface area contributed by atoms with Crippen LogP contribution in [0, 0.1) is 18.3 Å². The third kappa shape index (κ3) is 2.99. The molecule has 0 aromatic heterocycles. The molecule has 1 aliphatic carbocycles. The van der Waals surface area contributed by atoms with Crippen LogP contribution in [0.15, 0.2) is 18.2 Å². The summed E-state index contributed by atoms with van der Waals surface area (Å²) < 4.78 is 5.30. The lowest BCUT2D eigenvalue weighted by atomic mass is 9.64. The Bertz CT molecular complexity index is 456. The van der Waals surface area contributed by atoms with Gasteiger partial charge in [-0.1, -0.05) is 32.8 Å². The lowest BCUT2D eigenvalue weighted by Gasteiger charge is -2.43. The number of methoxy groups -OCH3 is 1. The monoisotopic (exact) mass is 276 g/mol. The molecule has 0 bridgehead atoms. The minimum Gasteiger partial charge on any atom is -0.497 e. The first-order valence-corrected chi connectivity index (χ1v) is 7.60. The van der Waals surface area contributed by atoms with Gasteiger partial charge in [-0.25, -0.2) is 0 Å². The summed E-state index contributed by atoms with van der Waals surface area (Å²) >= 11 is 0. The topological polar surface area (TPSA) is 47.3 Å². The van der Waals surface area contributed by atoms with Crippen molar-refractivity contribution in [1.82, 2.24) is 5.43 Å². The second-order valence-corrected chi connectivity index (χ2v) is 6.71. The van der Waals surface area contributed by atoms with Gasteiger partial charge in [-0.05, 0) is 54.4 Å². The molecule has 0 saturated heterocycles. The van der Waals surface area contributed by atoms with Gasteiger partial charge in [0.05, 0.1) is 7.11 Å². The third-order valence-electron chi connectivity index (χ3n) is 4.98. The highest BCUT2D eigenvalue weighted by Gasteiger charge is 2.38. The Morgan fingerprint density at radius 1 is 1.35 bits per heavy atom. The van der Waals surface area contributed by atoms with Crippen LogP contribution in [0.3, 0.4) is 0 Å². The molecule has 3 nitrogen and oxygen atoms in total. The van der Waals surface area contributed by atoms with E-state index in [1.807, 2.05) is 6.07 Å². The summed E-state index contributed by atoms with van der Waals surface area (Å²) in [6.07, 6.45) is 5.17. The Kier molecular flexibility index (Phi) is 4.71. The second kappa shape index (κ2) is 6.15. The summed E-state index contributed by atoms with van der Waals surface area (Å²) in [5.41, 5.74) is 5.96. The van der Waals surface area contributed by atoms with Gasteiger partial charge < -0.3 is 4.74 Å². The van der Waals surface area contributed by atoms with E-state index in [9.17, 15) is 0 Å². The first-order chi connectivity index (χ1) is 9.49. The Labute approximate surface area is 122 Å². The normalized spacial score (nSPS) is 23.4. The minimum atomic E-state index is 0.219. The summed E-state index contributed by atoms with van der Waals surface area (Å²) in [5.74, 6) is 7.40. The smallest absolute Gasteiger partial charge is 0.119 e. The maximum atomic E-state index is 5.91. The molecule has 1 aromatic carbocycles. The van der Waals surface area contributed by atoms with Crippen molar-refractivity contribution in [2.75, 3.05) is 7.11 Å². The molecule has 2 unspecified atom stereocenters. The highest BCUT2D eigenvalue weighted by Crippen LogP contribution is 2.47. The molecule has 3 heteroatoms. The van der Waals surface area contributed by atoms with Crippen LogP contribution < -0.4 is 16.0 Å². The van der Waals surface area contributed by atoms with Gasteiger partial charge in [-0.2, -0.15) is 0 Å². The van der Waals surface area contributed by atoms with Crippen molar-refractivity contribution in [3.8, 4) is 5.75 Å². The Balaban J connectivity index is 2.32. The SMILES string of the molecule is COc1ccc(C(NN)C2CCCCC2(C)C)c(C)c1. The van der Waals surface area contributed by atoms with Gasteiger partial charge >= 0.3 is 0 Å². The number of nitrogens with two attached hydrogens (primary N) is 1. The molecule has 2 atom stereocenters. The summed E-state index contributed by atoms with van der Waals surface area (Å²) in [5, 5.41) is 0. The van der Waals surface area contributed by atoms with Crippen LogP contribution in [0.1, 0.15) is 56.7 Å². The van der Waals surface area contributed by atoms with Crippen LogP contribution in [0.2, 0.25) is 0 Å². The van der Waals surface area contributed by atoms with Crippen molar-refractivity contribution in [2.45, 2.75) is 52.5 Å². The van der Waals surface area contributed by atoms with Gasteiger partial charge in [-0.15, -0.1) is 0 Å². The molecule has 0 radical (unpaired) electrons. The first kappa shape index (κ1) is 15.3. The van der Waals surface area contributed by atoms with E-state index >= 15 is 0 Å². The average Bonchev–Trinajstić information content (AvgIpc) is 2.42. The van der Waals surface area contributed by atoms with Crippen LogP contribution in [0.25, 0.3) is 0 Å². The molecule has 2 rings (SSSR count). The van der Waals surface area contributed by atoms with E-state index in [1.54, 1.807) is 7.11 Å². The molecule has 0 aliphatic heterocycles. The van der Waals surface area contributed by atoms with E-state index in [4.69, 9.17) is 10.6 Å². The van der Waals surface area contributed by atoms with Gasteiger partial charge in [0.15, 0.2) is 0 Å². The number of aryl methyl sites for hydroxylation is 1. The lowest BCUT2D eigenvalue weighted by molar-refractivity contribution is 0.0980. The molecule has 0 heterocycles. The molecule has 1 saturated carbocycles. The van der Waals surface area contributed by atoms with E-state index in [1.165, 1.54) is 36.8 Å². The average molecular weight is 276 g/mol. The molecule has 1 fully saturated rings. The summed E-state index contributed by atoms with van der Waals surface area (Å²) in [6, 6.07) is 6.50. The van der Waals surface area contributed by atoms with Crippen molar-refractivity contribution in [1.29, 1.82) is 0 Å². The van der Waals surface area contributed by atoms with Gasteiger partial charge in [0.2, 0.25) is 0 Å². The zero-order valence-corrected chi connectivity index (χ0v) is 13.2. The van der Waals surface area contributed by atoms with Crippen LogP contribution in [0.4, 0.5) is 0 Å². The highest BCUT2D eigenvalue weighted by molar-refractivity contribution is 5.37. The second-order valence-electron chi connectivity index (χ2n) is 6.71. The van der Waals surface area contributed by atoms with Gasteiger partial charge in [0, 0.05) is 6.04 Å². The predicted molar refractivity (Wildman–Crippen MR) is 83.5 cm³/mol. The highest BCUT2D eigenvalue weighted by atomic mass is 16.5. The standard InChI is InChI=1S/C17H28N2O/c1-12-11-13(20-4)8-9-14(12)16(19-18)15-7-5-6-10-17(15,2)3/h8-9,11,15-16,19H,5-7,10,18H2,1-4H3. The Morgan fingerprint density at radius 2 is 2.10 bits per heavy atom. The molecule has 112 valence electrons. The lowest BCUT2D eigenvalue weighted by Crippen LogP contribution is -2.42. The number of ether oxygens (including phenoxy) is 1. The molecule has 3 N–H and O–H groups in total. The molecule has 0 spiro atoms. The van der Waals surface area contributed by atoms with Crippen LogP contribution in [-0.4, -0.2) is 7.11 Å². The molecule has 20 heavy (non-hydrogen) atoms. The quantitative estimate of drug-likeness (QED) is 0.651. The minimum absolute atomic E-state index is 0.219. The zero-order valence-electron chi connectivity index (χ0n) is 13.2. The predicted octanol–water partition coefficient (Wildman–Crippen LogP) is 3.72. The molecule has 0 amide bonds. The summed E-state index contributed by atoms with van der Waals surface area (Å²) in [6.45, 7) is 6.89. The number of nitrogens with one attached hydrogen (secondary N) is 1. The van der Waals surface area contributed by atoms with Crippen molar-refractivity contribution in [2.24, 2.45) is 17.2 Å². The Hall–Kier alpha value is -1.06. The van der Waals surface area contributed by atoms with E-state index < -0.39 is 0 Å². The van der Waals surface area contributed by atoms with Crippen molar-refractivity contribution < 1.29 is 4.74 Å². The van der Waals surface area contributed by atoms with Crippen LogP contribution >= 0.6 is 0 Å². The van der Waals surface area contributed by atoms with Crippen LogP contribution in [0.5, 0.6) is 5.75 Å². The number of hydrazine groups is 1. The fraction of sp³-hybridized carbons (Fsp3) is 0.647. The van der Waals surface area contributed by atoms with Crippen molar-refractivity contribution in [3.63, 3.8) is 0 Å². The van der Waals surface area contributed by atoms with Crippen molar-refractivity contribution in [3.05, 3.63) is 29.3 Å². The molecular weight excluding hydrogens is 248 g/mol. The van der Waals surface area contributed by atoms with E-state index in [-0.39, 0.29) is 6.04 Å². The summed E-state index contributed by atoms with van der Waals surface area (Å²) in [7, 11) is 1.71. The fourth-order valence-corrected chi connectivity index (χ4v) is 3.69. The van der Waals surface area contributed by atoms with E-state index in [0.717, 1.165) is 5.75 Å². The number of hydrogen-bond donors (Lipinski definition) is 2. The number of benzene rings is 1. The van der Waals surface area contributed by atoms with E-state index in [0.29, 0.717) is 11.3 Å². The Morgan fingerprint density at radius 3 is 2.65 bits per heavy atom. The van der Waals surface area contributed by atoms with E-state index in [2.05, 4.69) is 38.3 Å². The fourth-order valence-electron chi connectivity index (χ4n) is 3.69. The van der Waals surface area contributed by atoms with Gasteiger partial charge in [0.1, 0.15) is 5.75 Å². The first-order valence-electron chi connectivity index (χ1n) is 7.60. The molecular formula is C17H28N2O. The van der Waals surface area contributed by atoms with Gasteiger partial charge in [-0.3, -0.25) is 11.3 Å². The zero-order chi connectivity index (χ0) is 14.8. The van der Waals surface area contributed by atoms with Crippen LogP contribution in [-0.2, 0) is 0 Å². The van der Waals surface area contributed by atoms with Crippen molar-refractivity contribution >= 4 is 0 Å². The maximum absolute atomic E-state index is 5.91.